The molecule has 20 heavy (non-hydrogen) atoms. The van der Waals surface area contributed by atoms with Crippen LogP contribution in [-0.4, -0.2) is 15.8 Å². The van der Waals surface area contributed by atoms with Gasteiger partial charge in [-0.3, -0.25) is 0 Å². The van der Waals surface area contributed by atoms with Crippen molar-refractivity contribution in [2.24, 2.45) is 0 Å². The number of aromatic nitrogens is 1. The molecule has 5 heteroatoms. The van der Waals surface area contributed by atoms with Crippen molar-refractivity contribution in [1.29, 1.82) is 0 Å². The second-order valence-corrected chi connectivity index (χ2v) is 8.10. The summed E-state index contributed by atoms with van der Waals surface area (Å²) in [6.45, 7) is 0.728. The molecule has 0 bridgehead atoms. The van der Waals surface area contributed by atoms with Gasteiger partial charge in [0.1, 0.15) is 0 Å². The van der Waals surface area contributed by atoms with Crippen LogP contribution in [0.1, 0.15) is 0 Å². The van der Waals surface area contributed by atoms with E-state index in [1.54, 1.807) is 0 Å². The topological polar surface area (TPSA) is 4.93 Å². The van der Waals surface area contributed by atoms with Crippen LogP contribution in [0.25, 0.3) is 21.8 Å². The van der Waals surface area contributed by atoms with Gasteiger partial charge in [-0.25, -0.2) is 0 Å². The summed E-state index contributed by atoms with van der Waals surface area (Å²) in [4.78, 5) is 0. The summed E-state index contributed by atoms with van der Waals surface area (Å²) >= 11 is 16.8. The van der Waals surface area contributed by atoms with E-state index in [4.69, 9.17) is 23.2 Å². The Balaban J connectivity index is 2.34. The predicted molar refractivity (Wildman–Crippen MR) is 105 cm³/mol. The largest absolute Gasteiger partial charge is 0.339 e. The van der Waals surface area contributed by atoms with Crippen molar-refractivity contribution in [2.45, 2.75) is 11.9 Å². The van der Waals surface area contributed by atoms with Gasteiger partial charge in [0.05, 0.1) is 5.38 Å². The van der Waals surface area contributed by atoms with Gasteiger partial charge in [-0.2, -0.15) is 0 Å². The molecule has 1 unspecified atom stereocenters. The highest BCUT2D eigenvalue weighted by molar-refractivity contribution is 14.1. The third kappa shape index (κ3) is 2.78. The standard InChI is InChI=1S/C15H11Cl2I2N/c16-7-9(17)8-20-14-3-1-10(18)5-12(14)13-6-11(19)2-4-15(13)20/h1-6,9H,7-8H2. The zero-order valence-corrected chi connectivity index (χ0v) is 16.2. The minimum absolute atomic E-state index is 0.0611. The van der Waals surface area contributed by atoms with Crippen LogP contribution in [0.3, 0.4) is 0 Å². The molecule has 3 aromatic rings. The number of nitrogens with zero attached hydrogens (tertiary/aromatic N) is 1. The molecule has 0 aliphatic carbocycles. The summed E-state index contributed by atoms with van der Waals surface area (Å²) in [6.07, 6.45) is 0. The highest BCUT2D eigenvalue weighted by Gasteiger charge is 2.14. The van der Waals surface area contributed by atoms with Crippen molar-refractivity contribution in [3.8, 4) is 0 Å². The first-order chi connectivity index (χ1) is 9.60. The molecular formula is C15H11Cl2I2N. The van der Waals surface area contributed by atoms with Gasteiger partial charge in [-0.05, 0) is 81.6 Å². The second kappa shape index (κ2) is 6.18. The molecule has 1 atom stereocenters. The fourth-order valence-corrected chi connectivity index (χ4v) is 3.71. The maximum Gasteiger partial charge on any atom is 0.0650 e. The first-order valence-corrected chi connectivity index (χ1v) is 9.30. The van der Waals surface area contributed by atoms with E-state index in [1.807, 2.05) is 0 Å². The quantitative estimate of drug-likeness (QED) is 0.296. The molecule has 1 nitrogen and oxygen atoms in total. The van der Waals surface area contributed by atoms with Crippen LogP contribution in [0.4, 0.5) is 0 Å². The van der Waals surface area contributed by atoms with E-state index >= 15 is 0 Å². The molecule has 104 valence electrons. The van der Waals surface area contributed by atoms with E-state index in [-0.39, 0.29) is 5.38 Å². The molecule has 0 aliphatic heterocycles. The summed E-state index contributed by atoms with van der Waals surface area (Å²) < 4.78 is 4.76. The van der Waals surface area contributed by atoms with Gasteiger partial charge in [0.2, 0.25) is 0 Å². The van der Waals surface area contributed by atoms with Crippen LogP contribution in [-0.2, 0) is 6.54 Å². The van der Waals surface area contributed by atoms with Gasteiger partial charge >= 0.3 is 0 Å². The van der Waals surface area contributed by atoms with Gasteiger partial charge in [-0.15, -0.1) is 23.2 Å². The molecule has 0 radical (unpaired) electrons. The number of halogens is 4. The fraction of sp³-hybridized carbons (Fsp3) is 0.200. The zero-order valence-electron chi connectivity index (χ0n) is 10.4. The average Bonchev–Trinajstić information content (AvgIpc) is 2.72. The first kappa shape index (κ1) is 15.2. The van der Waals surface area contributed by atoms with Crippen LogP contribution < -0.4 is 0 Å². The summed E-state index contributed by atoms with van der Waals surface area (Å²) in [7, 11) is 0. The molecular weight excluding hydrogens is 519 g/mol. The molecule has 0 aliphatic rings. The fourth-order valence-electron chi connectivity index (χ4n) is 2.49. The Morgan fingerprint density at radius 1 is 0.950 bits per heavy atom. The lowest BCUT2D eigenvalue weighted by molar-refractivity contribution is 0.735. The SMILES string of the molecule is ClCC(Cl)Cn1c2ccc(I)cc2c2cc(I)ccc21. The van der Waals surface area contributed by atoms with E-state index in [2.05, 4.69) is 86.1 Å². The predicted octanol–water partition coefficient (Wildman–Crippen LogP) is 5.85. The summed E-state index contributed by atoms with van der Waals surface area (Å²) in [5.41, 5.74) is 2.44. The van der Waals surface area contributed by atoms with Gasteiger partial charge in [0, 0.05) is 41.4 Å². The first-order valence-electron chi connectivity index (χ1n) is 6.17. The van der Waals surface area contributed by atoms with Crippen molar-refractivity contribution < 1.29 is 0 Å². The number of hydrogen-bond donors (Lipinski definition) is 0. The van der Waals surface area contributed by atoms with Crippen molar-refractivity contribution in [3.05, 3.63) is 43.5 Å². The van der Waals surface area contributed by atoms with Gasteiger partial charge in [-0.1, -0.05) is 0 Å². The van der Waals surface area contributed by atoms with Crippen LogP contribution in [0.2, 0.25) is 0 Å². The Bertz CT molecular complexity index is 723. The van der Waals surface area contributed by atoms with Crippen molar-refractivity contribution in [3.63, 3.8) is 0 Å². The van der Waals surface area contributed by atoms with Crippen LogP contribution in [0.5, 0.6) is 0 Å². The van der Waals surface area contributed by atoms with Crippen molar-refractivity contribution >= 4 is 90.2 Å². The number of hydrogen-bond acceptors (Lipinski definition) is 0. The molecule has 0 fully saturated rings. The van der Waals surface area contributed by atoms with Gasteiger partial charge < -0.3 is 4.57 Å². The van der Waals surface area contributed by atoms with Crippen LogP contribution in [0.15, 0.2) is 36.4 Å². The van der Waals surface area contributed by atoms with E-state index in [9.17, 15) is 0 Å². The van der Waals surface area contributed by atoms with Crippen LogP contribution in [0, 0.1) is 7.14 Å². The third-order valence-electron chi connectivity index (χ3n) is 3.34. The summed E-state index contributed by atoms with van der Waals surface area (Å²) in [5, 5.41) is 2.50. The molecule has 0 saturated carbocycles. The Morgan fingerprint density at radius 3 is 1.90 bits per heavy atom. The maximum atomic E-state index is 6.26. The van der Waals surface area contributed by atoms with Crippen LogP contribution >= 0.6 is 68.4 Å². The smallest absolute Gasteiger partial charge is 0.0650 e. The Kier molecular flexibility index (Phi) is 4.69. The molecule has 0 N–H and O–H groups in total. The second-order valence-electron chi connectivity index (χ2n) is 4.69. The molecule has 1 heterocycles. The minimum atomic E-state index is -0.0611. The number of rotatable bonds is 3. The minimum Gasteiger partial charge on any atom is -0.339 e. The average molecular weight is 530 g/mol. The Labute approximate surface area is 154 Å². The zero-order chi connectivity index (χ0) is 14.3. The van der Waals surface area contributed by atoms with E-state index in [0.717, 1.165) is 6.54 Å². The number of fused-ring (bicyclic) bond motifs is 3. The lowest BCUT2D eigenvalue weighted by atomic mass is 10.2. The molecule has 3 rings (SSSR count). The molecule has 0 spiro atoms. The molecule has 1 aromatic heterocycles. The molecule has 0 amide bonds. The molecule has 0 saturated heterocycles. The maximum absolute atomic E-state index is 6.26. The lowest BCUT2D eigenvalue weighted by Gasteiger charge is -2.10. The number of alkyl halides is 2. The normalized spacial score (nSPS) is 13.2. The lowest BCUT2D eigenvalue weighted by Crippen LogP contribution is -2.11. The monoisotopic (exact) mass is 529 g/mol. The molecule has 2 aromatic carbocycles. The highest BCUT2D eigenvalue weighted by Crippen LogP contribution is 2.32. The summed E-state index contributed by atoms with van der Waals surface area (Å²) in [6, 6.07) is 13.1. The van der Waals surface area contributed by atoms with Crippen molar-refractivity contribution in [2.75, 3.05) is 5.88 Å². The van der Waals surface area contributed by atoms with Gasteiger partial charge in [0.15, 0.2) is 0 Å². The van der Waals surface area contributed by atoms with E-state index in [0.29, 0.717) is 5.88 Å². The van der Waals surface area contributed by atoms with Gasteiger partial charge in [0.25, 0.3) is 0 Å². The van der Waals surface area contributed by atoms with E-state index in [1.165, 1.54) is 28.9 Å². The Morgan fingerprint density at radius 2 is 1.45 bits per heavy atom. The number of benzene rings is 2. The van der Waals surface area contributed by atoms with Crippen molar-refractivity contribution in [1.82, 2.24) is 4.57 Å². The third-order valence-corrected chi connectivity index (χ3v) is 5.50. The summed E-state index contributed by atoms with van der Waals surface area (Å²) in [5.74, 6) is 0.456. The van der Waals surface area contributed by atoms with E-state index < -0.39 is 0 Å². The Hall–Kier alpha value is 0.280. The highest BCUT2D eigenvalue weighted by atomic mass is 127.